The van der Waals surface area contributed by atoms with Gasteiger partial charge in [-0.25, -0.2) is 4.98 Å². The Bertz CT molecular complexity index is 1310. The zero-order valence-corrected chi connectivity index (χ0v) is 22.2. The molecule has 0 spiro atoms. The summed E-state index contributed by atoms with van der Waals surface area (Å²) < 4.78 is 2.09. The number of nitrogens with zero attached hydrogens (tertiary/aromatic N) is 2. The molecule has 4 nitrogen and oxygen atoms in total. The van der Waals surface area contributed by atoms with Crippen LogP contribution < -0.4 is 5.73 Å². The van der Waals surface area contributed by atoms with E-state index in [9.17, 15) is 4.79 Å². The molecule has 2 N–H and O–H groups in total. The van der Waals surface area contributed by atoms with Crippen LogP contribution in [0.4, 0.5) is 0 Å². The summed E-state index contributed by atoms with van der Waals surface area (Å²) in [6, 6.07) is 19.5. The second-order valence-corrected chi connectivity index (χ2v) is 10.4. The number of aryl methyl sites for hydroxylation is 1. The Morgan fingerprint density at radius 3 is 2.33 bits per heavy atom. The molecule has 1 fully saturated rings. The van der Waals surface area contributed by atoms with Gasteiger partial charge in [0, 0.05) is 22.5 Å². The summed E-state index contributed by atoms with van der Waals surface area (Å²) in [5, 5.41) is 1.20. The second kappa shape index (κ2) is 12.4. The number of primary amides is 1. The van der Waals surface area contributed by atoms with Crippen molar-refractivity contribution in [2.24, 2.45) is 11.7 Å². The molecule has 0 unspecified atom stereocenters. The van der Waals surface area contributed by atoms with Gasteiger partial charge >= 0.3 is 0 Å². The van der Waals surface area contributed by atoms with Crippen molar-refractivity contribution in [1.29, 1.82) is 0 Å². The number of benzene rings is 2. The van der Waals surface area contributed by atoms with Gasteiger partial charge in [-0.05, 0) is 61.2 Å². The zero-order chi connectivity index (χ0) is 25.5. The van der Waals surface area contributed by atoms with Crippen molar-refractivity contribution in [2.45, 2.75) is 58.3 Å². The van der Waals surface area contributed by atoms with Gasteiger partial charge in [-0.2, -0.15) is 0 Å². The molecule has 0 bridgehead atoms. The highest BCUT2D eigenvalue weighted by Gasteiger charge is 2.14. The minimum atomic E-state index is -0.440. The van der Waals surface area contributed by atoms with E-state index in [2.05, 4.69) is 16.3 Å². The molecule has 36 heavy (non-hydrogen) atoms. The molecule has 1 amide bonds. The molecule has 2 heterocycles. The number of carbonyl (C=O) groups excluding carboxylic acids is 1. The fraction of sp³-hybridized carbons (Fsp3) is 0.333. The van der Waals surface area contributed by atoms with Gasteiger partial charge in [0.05, 0.1) is 16.3 Å². The van der Waals surface area contributed by atoms with Crippen molar-refractivity contribution >= 4 is 34.8 Å². The van der Waals surface area contributed by atoms with E-state index in [-0.39, 0.29) is 0 Å². The summed E-state index contributed by atoms with van der Waals surface area (Å²) in [4.78, 5) is 15.9. The van der Waals surface area contributed by atoms with Gasteiger partial charge in [-0.3, -0.25) is 4.79 Å². The number of pyridine rings is 1. The molecule has 2 aromatic heterocycles. The lowest BCUT2D eigenvalue weighted by molar-refractivity contribution is 0.100. The zero-order valence-electron chi connectivity index (χ0n) is 20.7. The monoisotopic (exact) mass is 521 g/mol. The third-order valence-corrected chi connectivity index (χ3v) is 7.51. The van der Waals surface area contributed by atoms with Gasteiger partial charge < -0.3 is 10.1 Å². The summed E-state index contributed by atoms with van der Waals surface area (Å²) in [6.45, 7) is 2.07. The molecule has 188 valence electrons. The highest BCUT2D eigenvalue weighted by Crippen LogP contribution is 2.27. The lowest BCUT2D eigenvalue weighted by atomic mass is 9.86. The number of rotatable bonds is 4. The van der Waals surface area contributed by atoms with Gasteiger partial charge in [0.1, 0.15) is 5.65 Å². The van der Waals surface area contributed by atoms with Crippen molar-refractivity contribution < 1.29 is 4.79 Å². The third kappa shape index (κ3) is 6.68. The lowest BCUT2D eigenvalue weighted by Gasteiger charge is -2.20. The van der Waals surface area contributed by atoms with Gasteiger partial charge in [0.15, 0.2) is 0 Å². The number of halogens is 2. The molecule has 1 aliphatic rings. The van der Waals surface area contributed by atoms with Crippen LogP contribution in [0.3, 0.4) is 0 Å². The Hall–Kier alpha value is -2.82. The predicted molar refractivity (Wildman–Crippen MR) is 150 cm³/mol. The number of imidazole rings is 1. The minimum Gasteiger partial charge on any atom is -0.366 e. The van der Waals surface area contributed by atoms with Crippen LogP contribution in [0.5, 0.6) is 0 Å². The van der Waals surface area contributed by atoms with Crippen LogP contribution in [0, 0.1) is 12.8 Å². The van der Waals surface area contributed by atoms with Crippen LogP contribution in [0.1, 0.15) is 66.6 Å². The molecule has 5 rings (SSSR count). The van der Waals surface area contributed by atoms with Crippen LogP contribution in [-0.4, -0.2) is 15.3 Å². The van der Waals surface area contributed by atoms with Crippen LogP contribution in [0.15, 0.2) is 66.9 Å². The second-order valence-electron chi connectivity index (χ2n) is 9.58. The van der Waals surface area contributed by atoms with E-state index >= 15 is 0 Å². The molecule has 0 radical (unpaired) electrons. The Morgan fingerprint density at radius 1 is 0.972 bits per heavy atom. The number of carbonyl (C=O) groups is 1. The normalized spacial score (nSPS) is 14.5. The Morgan fingerprint density at radius 2 is 1.67 bits per heavy atom. The standard InChI is InChI=1S/C16H22ClNO.C14H11ClN2/c17-15-9-8-13(11-14(15)16(18)19)10-12-6-4-2-1-3-5-7-12;1-10-14(11-5-7-12(15)8-6-11)16-13-4-2-3-9-17(10)13/h8-9,11-12H,1-7,10H2,(H2,18,19);2-9H,1H3. The van der Waals surface area contributed by atoms with Crippen molar-refractivity contribution in [3.63, 3.8) is 0 Å². The number of hydrogen-bond donors (Lipinski definition) is 1. The van der Waals surface area contributed by atoms with Gasteiger partial charge in [0.2, 0.25) is 5.91 Å². The molecular weight excluding hydrogens is 489 g/mol. The molecule has 0 atom stereocenters. The highest BCUT2D eigenvalue weighted by atomic mass is 35.5. The largest absolute Gasteiger partial charge is 0.366 e. The fourth-order valence-corrected chi connectivity index (χ4v) is 5.30. The number of amides is 1. The average Bonchev–Trinajstić information content (AvgIpc) is 3.19. The van der Waals surface area contributed by atoms with Crippen molar-refractivity contribution in [1.82, 2.24) is 9.38 Å². The van der Waals surface area contributed by atoms with Gasteiger partial charge in [-0.15, -0.1) is 0 Å². The van der Waals surface area contributed by atoms with E-state index in [0.29, 0.717) is 10.6 Å². The first-order chi connectivity index (χ1) is 17.4. The number of nitrogens with two attached hydrogens (primary N) is 1. The molecular formula is C30H33Cl2N3O. The first kappa shape index (κ1) is 26.2. The van der Waals surface area contributed by atoms with Gasteiger partial charge in [0.25, 0.3) is 0 Å². The molecule has 2 aromatic carbocycles. The van der Waals surface area contributed by atoms with E-state index < -0.39 is 5.91 Å². The maximum atomic E-state index is 11.3. The van der Waals surface area contributed by atoms with E-state index in [1.54, 1.807) is 6.07 Å². The van der Waals surface area contributed by atoms with Crippen LogP contribution in [0.25, 0.3) is 16.9 Å². The smallest absolute Gasteiger partial charge is 0.250 e. The van der Waals surface area contributed by atoms with E-state index in [1.165, 1.54) is 50.5 Å². The first-order valence-corrected chi connectivity index (χ1v) is 13.5. The summed E-state index contributed by atoms with van der Waals surface area (Å²) in [7, 11) is 0. The average molecular weight is 523 g/mol. The molecule has 0 saturated heterocycles. The van der Waals surface area contributed by atoms with Crippen molar-refractivity contribution in [3.05, 3.63) is 93.7 Å². The summed E-state index contributed by atoms with van der Waals surface area (Å²) >= 11 is 11.9. The SMILES string of the molecule is Cc1c(-c2ccc(Cl)cc2)nc2ccccn12.NC(=O)c1cc(CC2CCCCCCC2)ccc1Cl. The highest BCUT2D eigenvalue weighted by molar-refractivity contribution is 6.33. The Balaban J connectivity index is 0.000000170. The van der Waals surface area contributed by atoms with Crippen molar-refractivity contribution in [2.75, 3.05) is 0 Å². The molecule has 6 heteroatoms. The summed E-state index contributed by atoms with van der Waals surface area (Å²) in [5.74, 6) is 0.298. The van der Waals surface area contributed by atoms with Crippen molar-refractivity contribution in [3.8, 4) is 11.3 Å². The molecule has 1 saturated carbocycles. The summed E-state index contributed by atoms with van der Waals surface area (Å²) in [6.07, 6.45) is 12.5. The van der Waals surface area contributed by atoms with E-state index in [4.69, 9.17) is 28.9 Å². The Labute approximate surface area is 223 Å². The third-order valence-electron chi connectivity index (χ3n) is 6.93. The lowest BCUT2D eigenvalue weighted by Crippen LogP contribution is -2.13. The van der Waals surface area contributed by atoms with E-state index in [0.717, 1.165) is 40.0 Å². The molecule has 4 aromatic rings. The Kier molecular flexibility index (Phi) is 9.06. The van der Waals surface area contributed by atoms with Crippen LogP contribution >= 0.6 is 23.2 Å². The number of hydrogen-bond acceptors (Lipinski definition) is 2. The maximum Gasteiger partial charge on any atom is 0.250 e. The maximum absolute atomic E-state index is 11.3. The van der Waals surface area contributed by atoms with Gasteiger partial charge in [-0.1, -0.05) is 92.4 Å². The number of fused-ring (bicyclic) bond motifs is 1. The summed E-state index contributed by atoms with van der Waals surface area (Å²) in [5.41, 5.74) is 11.2. The van der Waals surface area contributed by atoms with Crippen LogP contribution in [0.2, 0.25) is 10.0 Å². The molecule has 1 aliphatic carbocycles. The predicted octanol–water partition coefficient (Wildman–Crippen LogP) is 8.31. The first-order valence-electron chi connectivity index (χ1n) is 12.7. The quantitative estimate of drug-likeness (QED) is 0.293. The molecule has 0 aliphatic heterocycles. The minimum absolute atomic E-state index is 0.440. The number of aromatic nitrogens is 2. The van der Waals surface area contributed by atoms with E-state index in [1.807, 2.05) is 60.8 Å². The topological polar surface area (TPSA) is 60.4 Å². The fourth-order valence-electron chi connectivity index (χ4n) is 4.97. The van der Waals surface area contributed by atoms with Crippen LogP contribution in [-0.2, 0) is 6.42 Å².